The van der Waals surface area contributed by atoms with Crippen molar-refractivity contribution >= 4 is 29.9 Å². The lowest BCUT2D eigenvalue weighted by molar-refractivity contribution is 0.0625. The minimum atomic E-state index is -0.0427. The van der Waals surface area contributed by atoms with Crippen molar-refractivity contribution in [1.82, 2.24) is 10.2 Å². The van der Waals surface area contributed by atoms with Gasteiger partial charge in [0.25, 0.3) is 0 Å². The highest BCUT2D eigenvalue weighted by Gasteiger charge is 2.16. The zero-order valence-electron chi connectivity index (χ0n) is 17.6. The Morgan fingerprint density at radius 1 is 1.29 bits per heavy atom. The Kier molecular flexibility index (Phi) is 12.3. The molecule has 1 saturated heterocycles. The van der Waals surface area contributed by atoms with Gasteiger partial charge in [-0.25, -0.2) is 4.99 Å². The normalized spacial score (nSPS) is 16.1. The highest BCUT2D eigenvalue weighted by molar-refractivity contribution is 14.0. The smallest absolute Gasteiger partial charge is 0.193 e. The van der Waals surface area contributed by atoms with Crippen molar-refractivity contribution in [2.24, 2.45) is 10.9 Å². The van der Waals surface area contributed by atoms with Crippen LogP contribution in [0.3, 0.4) is 0 Å². The zero-order chi connectivity index (χ0) is 19.5. The van der Waals surface area contributed by atoms with Crippen LogP contribution in [0.15, 0.2) is 29.3 Å². The van der Waals surface area contributed by atoms with E-state index < -0.39 is 0 Å². The van der Waals surface area contributed by atoms with Gasteiger partial charge in [-0.2, -0.15) is 0 Å². The molecule has 1 aliphatic rings. The highest BCUT2D eigenvalue weighted by atomic mass is 127. The van der Waals surface area contributed by atoms with E-state index in [9.17, 15) is 0 Å². The van der Waals surface area contributed by atoms with E-state index in [1.54, 1.807) is 7.11 Å². The molecule has 6 nitrogen and oxygen atoms in total. The maximum atomic E-state index is 6.01. The van der Waals surface area contributed by atoms with Gasteiger partial charge in [0, 0.05) is 33.4 Å². The molecule has 7 heteroatoms. The van der Waals surface area contributed by atoms with E-state index in [1.807, 2.05) is 31.2 Å². The number of nitrogens with zero attached hydrogens (tertiary/aromatic N) is 2. The minimum Gasteiger partial charge on any atom is -0.493 e. The number of methoxy groups -OCH3 is 1. The van der Waals surface area contributed by atoms with Crippen molar-refractivity contribution in [2.75, 3.05) is 47.0 Å². The number of para-hydroxylation sites is 2. The second-order valence-electron chi connectivity index (χ2n) is 7.04. The van der Waals surface area contributed by atoms with Crippen LogP contribution in [0.5, 0.6) is 11.5 Å². The van der Waals surface area contributed by atoms with Crippen molar-refractivity contribution in [3.05, 3.63) is 24.3 Å². The van der Waals surface area contributed by atoms with Gasteiger partial charge < -0.3 is 24.4 Å². The molecule has 0 spiro atoms. The molecule has 1 fully saturated rings. The van der Waals surface area contributed by atoms with Crippen LogP contribution < -0.4 is 14.8 Å². The number of benzene rings is 1. The van der Waals surface area contributed by atoms with Gasteiger partial charge in [-0.15, -0.1) is 24.0 Å². The molecule has 1 N–H and O–H groups in total. The third kappa shape index (κ3) is 8.43. The first kappa shape index (κ1) is 24.8. The molecule has 0 radical (unpaired) electrons. The van der Waals surface area contributed by atoms with Gasteiger partial charge in [0.2, 0.25) is 0 Å². The fourth-order valence-electron chi connectivity index (χ4n) is 3.17. The molecule has 0 aliphatic carbocycles. The van der Waals surface area contributed by atoms with E-state index in [0.29, 0.717) is 6.54 Å². The molecule has 1 heterocycles. The van der Waals surface area contributed by atoms with Crippen molar-refractivity contribution in [3.8, 4) is 11.5 Å². The summed E-state index contributed by atoms with van der Waals surface area (Å²) in [4.78, 5) is 6.99. The van der Waals surface area contributed by atoms with E-state index in [0.717, 1.165) is 49.7 Å². The second kappa shape index (κ2) is 13.9. The first-order valence-corrected chi connectivity index (χ1v) is 10.0. The summed E-state index contributed by atoms with van der Waals surface area (Å²) in [6, 6.07) is 7.71. The van der Waals surface area contributed by atoms with Crippen LogP contribution in [0.25, 0.3) is 0 Å². The van der Waals surface area contributed by atoms with E-state index in [-0.39, 0.29) is 30.1 Å². The van der Waals surface area contributed by atoms with E-state index in [4.69, 9.17) is 19.2 Å². The van der Waals surface area contributed by atoms with Gasteiger partial charge >= 0.3 is 0 Å². The fraction of sp³-hybridized carbons (Fsp3) is 0.667. The third-order valence-corrected chi connectivity index (χ3v) is 4.81. The predicted molar refractivity (Wildman–Crippen MR) is 125 cm³/mol. The molecule has 1 atom stereocenters. The third-order valence-electron chi connectivity index (χ3n) is 4.81. The summed E-state index contributed by atoms with van der Waals surface area (Å²) in [5, 5.41) is 3.38. The zero-order valence-corrected chi connectivity index (χ0v) is 20.0. The summed E-state index contributed by atoms with van der Waals surface area (Å²) < 4.78 is 16.8. The van der Waals surface area contributed by atoms with Crippen molar-refractivity contribution in [2.45, 2.75) is 39.2 Å². The number of aliphatic imine (C=N–C) groups is 1. The second-order valence-corrected chi connectivity index (χ2v) is 7.04. The van der Waals surface area contributed by atoms with Crippen molar-refractivity contribution in [3.63, 3.8) is 0 Å². The number of ether oxygens (including phenoxy) is 3. The molecule has 28 heavy (non-hydrogen) atoms. The summed E-state index contributed by atoms with van der Waals surface area (Å²) in [5.74, 6) is 3.19. The average Bonchev–Trinajstić information content (AvgIpc) is 2.70. The molecule has 1 unspecified atom stereocenters. The molecule has 1 aromatic carbocycles. The summed E-state index contributed by atoms with van der Waals surface area (Å²) in [6.45, 7) is 8.36. The molecule has 0 bridgehead atoms. The maximum absolute atomic E-state index is 6.01. The van der Waals surface area contributed by atoms with Crippen molar-refractivity contribution in [1.29, 1.82) is 0 Å². The molecule has 0 aromatic heterocycles. The van der Waals surface area contributed by atoms with E-state index >= 15 is 0 Å². The van der Waals surface area contributed by atoms with Gasteiger partial charge in [0.1, 0.15) is 6.10 Å². The molecule has 2 rings (SSSR count). The number of halogens is 1. The van der Waals surface area contributed by atoms with E-state index in [2.05, 4.69) is 24.2 Å². The Bertz CT molecular complexity index is 580. The fourth-order valence-corrected chi connectivity index (χ4v) is 3.17. The Balaban J connectivity index is 0.00000392. The van der Waals surface area contributed by atoms with Crippen LogP contribution in [-0.2, 0) is 4.74 Å². The molecule has 0 saturated carbocycles. The SMILES string of the molecule is CCNC(=NCC(C)Oc1ccccc1OC)N(C)CCC1CCOCC1.I. The Hall–Kier alpha value is -1.22. The van der Waals surface area contributed by atoms with Crippen LogP contribution in [-0.4, -0.2) is 64.0 Å². The molecule has 160 valence electrons. The molecular weight excluding hydrogens is 469 g/mol. The largest absolute Gasteiger partial charge is 0.493 e. The quantitative estimate of drug-likeness (QED) is 0.315. The van der Waals surface area contributed by atoms with E-state index in [1.165, 1.54) is 19.3 Å². The lowest BCUT2D eigenvalue weighted by Gasteiger charge is -2.27. The average molecular weight is 505 g/mol. The van der Waals surface area contributed by atoms with Crippen LogP contribution in [0.4, 0.5) is 0 Å². The summed E-state index contributed by atoms with van der Waals surface area (Å²) >= 11 is 0. The molecule has 1 aromatic rings. The lowest BCUT2D eigenvalue weighted by Crippen LogP contribution is -2.40. The molecule has 0 amide bonds. The Labute approximate surface area is 187 Å². The van der Waals surface area contributed by atoms with Crippen LogP contribution in [0, 0.1) is 5.92 Å². The number of hydrogen-bond acceptors (Lipinski definition) is 4. The lowest BCUT2D eigenvalue weighted by atomic mass is 9.96. The van der Waals surface area contributed by atoms with Gasteiger partial charge in [0.05, 0.1) is 13.7 Å². The maximum Gasteiger partial charge on any atom is 0.193 e. The number of guanidine groups is 1. The number of hydrogen-bond donors (Lipinski definition) is 1. The summed E-state index contributed by atoms with van der Waals surface area (Å²) in [5.41, 5.74) is 0. The first-order chi connectivity index (χ1) is 13.1. The standard InChI is InChI=1S/C21H35N3O3.HI/c1-5-22-21(24(3)13-10-18-11-14-26-15-12-18)23-16-17(2)27-20-9-7-6-8-19(20)25-4;/h6-9,17-18H,5,10-16H2,1-4H3,(H,22,23);1H. The monoisotopic (exact) mass is 505 g/mol. The summed E-state index contributed by atoms with van der Waals surface area (Å²) in [6.07, 6.45) is 3.48. The Morgan fingerprint density at radius 2 is 1.96 bits per heavy atom. The number of nitrogens with one attached hydrogen (secondary N) is 1. The van der Waals surface area contributed by atoms with Crippen LogP contribution in [0.2, 0.25) is 0 Å². The minimum absolute atomic E-state index is 0. The molecular formula is C21H36IN3O3. The summed E-state index contributed by atoms with van der Waals surface area (Å²) in [7, 11) is 3.76. The Morgan fingerprint density at radius 3 is 2.61 bits per heavy atom. The molecule has 1 aliphatic heterocycles. The van der Waals surface area contributed by atoms with Crippen LogP contribution in [0.1, 0.15) is 33.1 Å². The predicted octanol–water partition coefficient (Wildman–Crippen LogP) is 3.79. The first-order valence-electron chi connectivity index (χ1n) is 10.0. The van der Waals surface area contributed by atoms with Gasteiger partial charge in [-0.1, -0.05) is 12.1 Å². The van der Waals surface area contributed by atoms with Gasteiger partial charge in [-0.3, -0.25) is 0 Å². The van der Waals surface area contributed by atoms with Gasteiger partial charge in [-0.05, 0) is 51.2 Å². The number of rotatable bonds is 9. The van der Waals surface area contributed by atoms with Gasteiger partial charge in [0.15, 0.2) is 17.5 Å². The van der Waals surface area contributed by atoms with Crippen molar-refractivity contribution < 1.29 is 14.2 Å². The highest BCUT2D eigenvalue weighted by Crippen LogP contribution is 2.26. The van der Waals surface area contributed by atoms with Crippen LogP contribution >= 0.6 is 24.0 Å². The topological polar surface area (TPSA) is 55.3 Å².